The summed E-state index contributed by atoms with van der Waals surface area (Å²) in [7, 11) is 0. The summed E-state index contributed by atoms with van der Waals surface area (Å²) < 4.78 is 0. The summed E-state index contributed by atoms with van der Waals surface area (Å²) in [6, 6.07) is -0.329. The molecule has 1 saturated heterocycles. The first kappa shape index (κ1) is 14.0. The number of likely N-dealkylation sites (tertiary alicyclic amines) is 1. The second kappa shape index (κ2) is 6.59. The molecular formula is C12H22N2O3. The van der Waals surface area contributed by atoms with Crippen LogP contribution in [0.5, 0.6) is 0 Å². The van der Waals surface area contributed by atoms with Gasteiger partial charge >= 0.3 is 5.97 Å². The van der Waals surface area contributed by atoms with Crippen molar-refractivity contribution < 1.29 is 14.7 Å². The molecule has 1 rings (SSSR count). The van der Waals surface area contributed by atoms with Crippen molar-refractivity contribution in [3.63, 3.8) is 0 Å². The summed E-state index contributed by atoms with van der Waals surface area (Å²) in [4.78, 5) is 26.5. The van der Waals surface area contributed by atoms with Crippen molar-refractivity contribution in [2.24, 2.45) is 0 Å². The van der Waals surface area contributed by atoms with E-state index < -0.39 is 5.97 Å². The molecule has 0 spiro atoms. The molecule has 1 aliphatic rings. The zero-order chi connectivity index (χ0) is 12.8. The molecule has 0 aliphatic carbocycles. The second-order valence-corrected chi connectivity index (χ2v) is 4.57. The van der Waals surface area contributed by atoms with Gasteiger partial charge in [0.25, 0.3) is 0 Å². The van der Waals surface area contributed by atoms with Crippen LogP contribution in [-0.4, -0.2) is 59.0 Å². The van der Waals surface area contributed by atoms with E-state index in [4.69, 9.17) is 5.11 Å². The summed E-state index contributed by atoms with van der Waals surface area (Å²) in [5, 5.41) is 8.84. The number of carboxylic acid groups (broad SMARTS) is 1. The second-order valence-electron chi connectivity index (χ2n) is 4.57. The molecule has 0 aromatic rings. The Bertz CT molecular complexity index is 275. The zero-order valence-electron chi connectivity index (χ0n) is 10.7. The molecule has 0 aromatic heterocycles. The highest BCUT2D eigenvalue weighted by Gasteiger charge is 2.28. The van der Waals surface area contributed by atoms with Crippen LogP contribution in [0.3, 0.4) is 0 Å². The van der Waals surface area contributed by atoms with Crippen LogP contribution in [0.2, 0.25) is 0 Å². The minimum absolute atomic E-state index is 0.0609. The van der Waals surface area contributed by atoms with Crippen LogP contribution in [0.1, 0.15) is 33.1 Å². The van der Waals surface area contributed by atoms with E-state index in [0.717, 1.165) is 32.4 Å². The number of hydrogen-bond donors (Lipinski definition) is 1. The number of aliphatic carboxylic acids is 1. The van der Waals surface area contributed by atoms with Gasteiger partial charge < -0.3 is 10.0 Å². The number of carbonyl (C=O) groups is 2. The van der Waals surface area contributed by atoms with Crippen LogP contribution < -0.4 is 0 Å². The van der Waals surface area contributed by atoms with Gasteiger partial charge in [-0.05, 0) is 32.7 Å². The van der Waals surface area contributed by atoms with Crippen molar-refractivity contribution in [3.8, 4) is 0 Å². The van der Waals surface area contributed by atoms with Gasteiger partial charge in [0, 0.05) is 13.1 Å². The molecule has 1 fully saturated rings. The molecule has 0 aromatic carbocycles. The Morgan fingerprint density at radius 1 is 1.35 bits per heavy atom. The van der Waals surface area contributed by atoms with E-state index in [2.05, 4.69) is 0 Å². The number of carboxylic acids is 1. The minimum atomic E-state index is -0.875. The van der Waals surface area contributed by atoms with E-state index >= 15 is 0 Å². The Balaban J connectivity index is 2.58. The zero-order valence-corrected chi connectivity index (χ0v) is 10.7. The summed E-state index contributed by atoms with van der Waals surface area (Å²) in [6.45, 7) is 6.01. The van der Waals surface area contributed by atoms with Crippen LogP contribution in [0.4, 0.5) is 0 Å². The molecule has 1 aliphatic heterocycles. The molecule has 1 atom stereocenters. The van der Waals surface area contributed by atoms with Gasteiger partial charge in [-0.3, -0.25) is 14.5 Å². The quantitative estimate of drug-likeness (QED) is 0.748. The molecule has 5 nitrogen and oxygen atoms in total. The highest BCUT2D eigenvalue weighted by atomic mass is 16.4. The van der Waals surface area contributed by atoms with Crippen LogP contribution in [0.15, 0.2) is 0 Å². The van der Waals surface area contributed by atoms with E-state index in [1.807, 2.05) is 11.8 Å². The lowest BCUT2D eigenvalue weighted by molar-refractivity contribution is -0.141. The first-order valence-corrected chi connectivity index (χ1v) is 6.31. The number of rotatable bonds is 6. The Hall–Kier alpha value is -1.10. The van der Waals surface area contributed by atoms with Gasteiger partial charge in [-0.15, -0.1) is 0 Å². The van der Waals surface area contributed by atoms with Gasteiger partial charge in [-0.25, -0.2) is 0 Å². The Morgan fingerprint density at radius 3 is 2.41 bits per heavy atom. The molecular weight excluding hydrogens is 220 g/mol. The third-order valence-corrected chi connectivity index (χ3v) is 3.17. The average molecular weight is 242 g/mol. The maximum absolute atomic E-state index is 12.1. The number of hydrogen-bond acceptors (Lipinski definition) is 3. The van der Waals surface area contributed by atoms with Crippen molar-refractivity contribution >= 4 is 11.9 Å². The van der Waals surface area contributed by atoms with Gasteiger partial charge in [0.1, 0.15) is 0 Å². The third-order valence-electron chi connectivity index (χ3n) is 3.17. The van der Waals surface area contributed by atoms with Crippen molar-refractivity contribution in [2.45, 2.75) is 39.2 Å². The predicted octanol–water partition coefficient (Wildman–Crippen LogP) is 0.794. The maximum Gasteiger partial charge on any atom is 0.317 e. The standard InChI is InChI=1S/C12H22N2O3/c1-3-6-14(9-11(15)16)10(2)12(17)13-7-4-5-8-13/h10H,3-9H2,1-2H3,(H,15,16). The first-order valence-electron chi connectivity index (χ1n) is 6.31. The molecule has 98 valence electrons. The lowest BCUT2D eigenvalue weighted by Crippen LogP contribution is -2.48. The predicted molar refractivity (Wildman–Crippen MR) is 64.8 cm³/mol. The maximum atomic E-state index is 12.1. The van der Waals surface area contributed by atoms with Crippen molar-refractivity contribution in [1.82, 2.24) is 9.80 Å². The molecule has 1 heterocycles. The molecule has 1 unspecified atom stereocenters. The summed E-state index contributed by atoms with van der Waals surface area (Å²) in [6.07, 6.45) is 2.97. The van der Waals surface area contributed by atoms with Crippen LogP contribution >= 0.6 is 0 Å². The van der Waals surface area contributed by atoms with Gasteiger partial charge in [0.05, 0.1) is 12.6 Å². The van der Waals surface area contributed by atoms with E-state index in [1.165, 1.54) is 0 Å². The van der Waals surface area contributed by atoms with E-state index in [1.54, 1.807) is 11.8 Å². The van der Waals surface area contributed by atoms with Crippen molar-refractivity contribution in [1.29, 1.82) is 0 Å². The fourth-order valence-electron chi connectivity index (χ4n) is 2.23. The summed E-state index contributed by atoms with van der Waals surface area (Å²) in [5.41, 5.74) is 0. The van der Waals surface area contributed by atoms with Gasteiger partial charge in [-0.1, -0.05) is 6.92 Å². The smallest absolute Gasteiger partial charge is 0.317 e. The normalized spacial score (nSPS) is 17.5. The summed E-state index contributed by atoms with van der Waals surface area (Å²) >= 11 is 0. The molecule has 1 amide bonds. The fraction of sp³-hybridized carbons (Fsp3) is 0.833. The van der Waals surface area contributed by atoms with Gasteiger partial charge in [0.2, 0.25) is 5.91 Å². The lowest BCUT2D eigenvalue weighted by atomic mass is 10.2. The van der Waals surface area contributed by atoms with E-state index in [-0.39, 0.29) is 18.5 Å². The molecule has 1 N–H and O–H groups in total. The number of carbonyl (C=O) groups excluding carboxylic acids is 1. The molecule has 17 heavy (non-hydrogen) atoms. The molecule has 0 bridgehead atoms. The molecule has 0 saturated carbocycles. The highest BCUT2D eigenvalue weighted by Crippen LogP contribution is 2.12. The largest absolute Gasteiger partial charge is 0.480 e. The molecule has 0 radical (unpaired) electrons. The topological polar surface area (TPSA) is 60.9 Å². The van der Waals surface area contributed by atoms with Crippen molar-refractivity contribution in [3.05, 3.63) is 0 Å². The lowest BCUT2D eigenvalue weighted by Gasteiger charge is -2.29. The monoisotopic (exact) mass is 242 g/mol. The van der Waals surface area contributed by atoms with Crippen LogP contribution in [0, 0.1) is 0 Å². The Morgan fingerprint density at radius 2 is 1.94 bits per heavy atom. The van der Waals surface area contributed by atoms with Crippen LogP contribution in [-0.2, 0) is 9.59 Å². The van der Waals surface area contributed by atoms with E-state index in [9.17, 15) is 9.59 Å². The van der Waals surface area contributed by atoms with E-state index in [0.29, 0.717) is 6.54 Å². The Kier molecular flexibility index (Phi) is 5.41. The molecule has 5 heteroatoms. The first-order chi connectivity index (χ1) is 8.06. The summed E-state index contributed by atoms with van der Waals surface area (Å²) in [5.74, 6) is -0.809. The Labute approximate surface area is 102 Å². The van der Waals surface area contributed by atoms with Gasteiger partial charge in [-0.2, -0.15) is 0 Å². The average Bonchev–Trinajstić information content (AvgIpc) is 2.79. The number of amides is 1. The third kappa shape index (κ3) is 4.00. The van der Waals surface area contributed by atoms with Gasteiger partial charge in [0.15, 0.2) is 0 Å². The number of nitrogens with zero attached hydrogens (tertiary/aromatic N) is 2. The SMILES string of the molecule is CCCN(CC(=O)O)C(C)C(=O)N1CCCC1. The highest BCUT2D eigenvalue weighted by molar-refractivity contribution is 5.82. The fourth-order valence-corrected chi connectivity index (χ4v) is 2.23. The minimum Gasteiger partial charge on any atom is -0.480 e. The van der Waals surface area contributed by atoms with Crippen molar-refractivity contribution in [2.75, 3.05) is 26.2 Å². The van der Waals surface area contributed by atoms with Crippen LogP contribution in [0.25, 0.3) is 0 Å².